The lowest BCUT2D eigenvalue weighted by Crippen LogP contribution is -2.03. The summed E-state index contributed by atoms with van der Waals surface area (Å²) in [7, 11) is 1.31. The first-order chi connectivity index (χ1) is 9.15. The van der Waals surface area contributed by atoms with Crippen LogP contribution in [-0.4, -0.2) is 31.8 Å². The molecule has 0 unspecified atom stereocenters. The normalized spacial score (nSPS) is 10.2. The monoisotopic (exact) mass is 264 g/mol. The maximum absolute atomic E-state index is 11.0. The summed E-state index contributed by atoms with van der Waals surface area (Å²) in [4.78, 5) is 18.0. The topological polar surface area (TPSA) is 108 Å². The van der Waals surface area contributed by atoms with Gasteiger partial charge >= 0.3 is 5.69 Å². The maximum Gasteiger partial charge on any atom is 0.373 e. The van der Waals surface area contributed by atoms with E-state index in [1.165, 1.54) is 13.4 Å². The lowest BCUT2D eigenvalue weighted by Gasteiger charge is -2.05. The molecule has 0 aliphatic carbocycles. The molecule has 0 aliphatic rings. The Morgan fingerprint density at radius 2 is 2.32 bits per heavy atom. The van der Waals surface area contributed by atoms with E-state index >= 15 is 0 Å². The summed E-state index contributed by atoms with van der Waals surface area (Å²) in [6.45, 7) is 2.64. The van der Waals surface area contributed by atoms with E-state index < -0.39 is 4.92 Å². The molecule has 0 fully saturated rings. The number of ether oxygens (including phenoxy) is 1. The van der Waals surface area contributed by atoms with Crippen LogP contribution in [0.1, 0.15) is 6.92 Å². The Morgan fingerprint density at radius 3 is 2.89 bits per heavy atom. The van der Waals surface area contributed by atoms with Gasteiger partial charge in [-0.3, -0.25) is 14.8 Å². The minimum atomic E-state index is -0.592. The van der Waals surface area contributed by atoms with Crippen molar-refractivity contribution in [2.24, 2.45) is 0 Å². The molecular formula is C10H12N6O3. The first kappa shape index (κ1) is 12.7. The number of methoxy groups -OCH3 is 1. The molecule has 0 aliphatic heterocycles. The Kier molecular flexibility index (Phi) is 3.55. The Hall–Kier alpha value is -2.71. The molecule has 0 aromatic carbocycles. The van der Waals surface area contributed by atoms with Gasteiger partial charge < -0.3 is 10.1 Å². The fourth-order valence-corrected chi connectivity index (χ4v) is 1.51. The van der Waals surface area contributed by atoms with Crippen LogP contribution in [0.5, 0.6) is 5.88 Å². The molecule has 0 spiro atoms. The van der Waals surface area contributed by atoms with E-state index in [0.29, 0.717) is 12.2 Å². The highest BCUT2D eigenvalue weighted by Gasteiger charge is 2.24. The summed E-state index contributed by atoms with van der Waals surface area (Å²) < 4.78 is 6.54. The fourth-order valence-electron chi connectivity index (χ4n) is 1.51. The predicted octanol–water partition coefficient (Wildman–Crippen LogP) is 1.35. The molecule has 2 aromatic heterocycles. The Morgan fingerprint density at radius 1 is 1.53 bits per heavy atom. The lowest BCUT2D eigenvalue weighted by molar-refractivity contribution is -0.385. The van der Waals surface area contributed by atoms with Gasteiger partial charge in [0.05, 0.1) is 23.9 Å². The number of nitrogens with zero attached hydrogens (tertiary/aromatic N) is 5. The predicted molar refractivity (Wildman–Crippen MR) is 66.4 cm³/mol. The summed E-state index contributed by atoms with van der Waals surface area (Å²) in [6, 6.07) is 0. The first-order valence-corrected chi connectivity index (χ1v) is 5.48. The second-order valence-electron chi connectivity index (χ2n) is 3.55. The van der Waals surface area contributed by atoms with Crippen molar-refractivity contribution in [3.8, 4) is 5.88 Å². The highest BCUT2D eigenvalue weighted by atomic mass is 16.6. The van der Waals surface area contributed by atoms with Gasteiger partial charge in [0.15, 0.2) is 0 Å². The zero-order valence-corrected chi connectivity index (χ0v) is 10.4. The van der Waals surface area contributed by atoms with Crippen molar-refractivity contribution in [3.05, 3.63) is 28.8 Å². The van der Waals surface area contributed by atoms with Gasteiger partial charge in [-0.05, 0) is 6.92 Å². The van der Waals surface area contributed by atoms with Gasteiger partial charge in [-0.1, -0.05) is 0 Å². The second-order valence-corrected chi connectivity index (χ2v) is 3.55. The van der Waals surface area contributed by atoms with Crippen LogP contribution in [0.15, 0.2) is 18.7 Å². The summed E-state index contributed by atoms with van der Waals surface area (Å²) in [6.07, 6.45) is 4.47. The number of aromatic nitrogens is 4. The van der Waals surface area contributed by atoms with Crippen LogP contribution in [0, 0.1) is 10.1 Å². The average molecular weight is 264 g/mol. The summed E-state index contributed by atoms with van der Waals surface area (Å²) in [5.74, 6) is -0.0297. The van der Waals surface area contributed by atoms with Crippen LogP contribution in [0.3, 0.4) is 0 Å². The third-order valence-electron chi connectivity index (χ3n) is 2.38. The van der Waals surface area contributed by atoms with Gasteiger partial charge in [0.2, 0.25) is 5.82 Å². The van der Waals surface area contributed by atoms with E-state index in [4.69, 9.17) is 4.74 Å². The summed E-state index contributed by atoms with van der Waals surface area (Å²) in [5, 5.41) is 17.9. The molecule has 0 radical (unpaired) electrons. The van der Waals surface area contributed by atoms with Crippen molar-refractivity contribution in [3.63, 3.8) is 0 Å². The van der Waals surface area contributed by atoms with Gasteiger partial charge in [-0.2, -0.15) is 10.1 Å². The Labute approximate surface area is 108 Å². The smallest absolute Gasteiger partial charge is 0.373 e. The number of rotatable bonds is 5. The largest absolute Gasteiger partial charge is 0.476 e. The molecule has 9 nitrogen and oxygen atoms in total. The third kappa shape index (κ3) is 2.59. The SMILES string of the molecule is CCn1cc(Nc2ncnc(OC)c2[N+](=O)[O-])cn1. The molecule has 2 rings (SSSR count). The summed E-state index contributed by atoms with van der Waals surface area (Å²) >= 11 is 0. The van der Waals surface area contributed by atoms with E-state index in [1.54, 1.807) is 17.1 Å². The molecule has 0 bridgehead atoms. The number of anilines is 2. The average Bonchev–Trinajstić information content (AvgIpc) is 2.85. The molecule has 0 saturated carbocycles. The van der Waals surface area contributed by atoms with Crippen LogP contribution in [0.25, 0.3) is 0 Å². The first-order valence-electron chi connectivity index (χ1n) is 5.48. The van der Waals surface area contributed by atoms with E-state index in [1.807, 2.05) is 6.92 Å². The number of hydrogen-bond donors (Lipinski definition) is 1. The summed E-state index contributed by atoms with van der Waals surface area (Å²) in [5.41, 5.74) is 0.292. The molecule has 2 aromatic rings. The van der Waals surface area contributed by atoms with Crippen LogP contribution >= 0.6 is 0 Å². The van der Waals surface area contributed by atoms with Crippen LogP contribution < -0.4 is 10.1 Å². The van der Waals surface area contributed by atoms with Gasteiger partial charge in [0.1, 0.15) is 6.33 Å². The highest BCUT2D eigenvalue weighted by Crippen LogP contribution is 2.32. The van der Waals surface area contributed by atoms with Crippen molar-refractivity contribution in [1.29, 1.82) is 0 Å². The lowest BCUT2D eigenvalue weighted by atomic mass is 10.4. The number of nitro groups is 1. The van der Waals surface area contributed by atoms with Gasteiger partial charge in [-0.15, -0.1) is 0 Å². The van der Waals surface area contributed by atoms with E-state index in [2.05, 4.69) is 20.4 Å². The molecule has 0 amide bonds. The highest BCUT2D eigenvalue weighted by molar-refractivity contribution is 5.67. The van der Waals surface area contributed by atoms with Crippen LogP contribution in [0.4, 0.5) is 17.2 Å². The Bertz CT molecular complexity index is 597. The third-order valence-corrected chi connectivity index (χ3v) is 2.38. The number of nitrogens with one attached hydrogen (secondary N) is 1. The minimum absolute atomic E-state index is 0.0625. The fraction of sp³-hybridized carbons (Fsp3) is 0.300. The van der Waals surface area contributed by atoms with Gasteiger partial charge in [-0.25, -0.2) is 4.98 Å². The molecule has 0 atom stereocenters. The van der Waals surface area contributed by atoms with Crippen molar-refractivity contribution < 1.29 is 9.66 Å². The standard InChI is InChI=1S/C10H12N6O3/c1-3-15-5-7(4-13-15)14-9-8(16(17)18)10(19-2)12-6-11-9/h4-6H,3H2,1-2H3,(H,11,12,14). The van der Waals surface area contributed by atoms with E-state index in [0.717, 1.165) is 0 Å². The Balaban J connectivity index is 2.36. The second kappa shape index (κ2) is 5.29. The van der Waals surface area contributed by atoms with Gasteiger partial charge in [0.25, 0.3) is 5.88 Å². The molecule has 9 heteroatoms. The van der Waals surface area contributed by atoms with Gasteiger partial charge in [0, 0.05) is 12.7 Å². The number of aryl methyl sites for hydroxylation is 1. The molecule has 1 N–H and O–H groups in total. The van der Waals surface area contributed by atoms with Crippen molar-refractivity contribution in [1.82, 2.24) is 19.7 Å². The minimum Gasteiger partial charge on any atom is -0.476 e. The van der Waals surface area contributed by atoms with Crippen molar-refractivity contribution in [2.75, 3.05) is 12.4 Å². The zero-order chi connectivity index (χ0) is 13.8. The molecular weight excluding hydrogens is 252 g/mol. The maximum atomic E-state index is 11.0. The van der Waals surface area contributed by atoms with Crippen molar-refractivity contribution >= 4 is 17.2 Å². The van der Waals surface area contributed by atoms with E-state index in [-0.39, 0.29) is 17.4 Å². The quantitative estimate of drug-likeness (QED) is 0.641. The van der Waals surface area contributed by atoms with Crippen molar-refractivity contribution in [2.45, 2.75) is 13.5 Å². The van der Waals surface area contributed by atoms with E-state index in [9.17, 15) is 10.1 Å². The molecule has 0 saturated heterocycles. The van der Waals surface area contributed by atoms with Crippen LogP contribution in [-0.2, 0) is 6.54 Å². The molecule has 2 heterocycles. The zero-order valence-electron chi connectivity index (χ0n) is 10.4. The molecule has 100 valence electrons. The number of hydrogen-bond acceptors (Lipinski definition) is 7. The van der Waals surface area contributed by atoms with Crippen LogP contribution in [0.2, 0.25) is 0 Å². The molecule has 19 heavy (non-hydrogen) atoms.